The third-order valence-electron chi connectivity index (χ3n) is 3.93. The highest BCUT2D eigenvalue weighted by Crippen LogP contribution is 2.26. The first-order valence-corrected chi connectivity index (χ1v) is 8.86. The second-order valence-corrected chi connectivity index (χ2v) is 6.97. The molecular formula is C18H24N2O3S. The van der Waals surface area contributed by atoms with Crippen molar-refractivity contribution in [1.29, 1.82) is 0 Å². The van der Waals surface area contributed by atoms with E-state index in [1.807, 2.05) is 18.0 Å². The predicted octanol–water partition coefficient (Wildman–Crippen LogP) is 3.11. The third-order valence-corrected chi connectivity index (χ3v) is 4.80. The first kappa shape index (κ1) is 18.4. The molecule has 24 heavy (non-hydrogen) atoms. The molecule has 6 heteroatoms. The van der Waals surface area contributed by atoms with E-state index >= 15 is 0 Å². The lowest BCUT2D eigenvalue weighted by Crippen LogP contribution is -2.22. The van der Waals surface area contributed by atoms with Gasteiger partial charge in [-0.25, -0.2) is 0 Å². The summed E-state index contributed by atoms with van der Waals surface area (Å²) >= 11 is 1.22. The Balaban J connectivity index is 2.12. The van der Waals surface area contributed by atoms with E-state index in [9.17, 15) is 9.59 Å². The highest BCUT2D eigenvalue weighted by Gasteiger charge is 2.14. The number of aromatic amines is 1. The van der Waals surface area contributed by atoms with Crippen LogP contribution in [0.4, 0.5) is 0 Å². The molecule has 0 spiro atoms. The zero-order valence-corrected chi connectivity index (χ0v) is 15.5. The lowest BCUT2D eigenvalue weighted by Gasteiger charge is -2.16. The fraction of sp³-hybridized carbons (Fsp3) is 0.444. The topological polar surface area (TPSA) is 62.4 Å². The first-order chi connectivity index (χ1) is 11.4. The van der Waals surface area contributed by atoms with Crippen LogP contribution in [0.25, 0.3) is 11.3 Å². The molecule has 1 N–H and O–H groups in total. The number of thiazole rings is 1. The van der Waals surface area contributed by atoms with Crippen LogP contribution in [0.2, 0.25) is 0 Å². The summed E-state index contributed by atoms with van der Waals surface area (Å²) < 4.78 is 4.94. The molecule has 5 nitrogen and oxygen atoms in total. The minimum Gasteiger partial charge on any atom is -0.466 e. The number of esters is 1. The second kappa shape index (κ2) is 8.26. The lowest BCUT2D eigenvalue weighted by molar-refractivity contribution is -0.143. The number of hydrogen-bond donors (Lipinski definition) is 1. The molecule has 0 radical (unpaired) electrons. The van der Waals surface area contributed by atoms with E-state index in [0.717, 1.165) is 16.1 Å². The lowest BCUT2D eigenvalue weighted by atomic mass is 10.0. The third kappa shape index (κ3) is 4.79. The van der Waals surface area contributed by atoms with Gasteiger partial charge in [0.2, 0.25) is 0 Å². The van der Waals surface area contributed by atoms with E-state index in [2.05, 4.69) is 31.0 Å². The number of nitrogens with one attached hydrogen (secondary N) is 1. The number of benzene rings is 1. The van der Waals surface area contributed by atoms with Gasteiger partial charge in [0.25, 0.3) is 0 Å². The monoisotopic (exact) mass is 348 g/mol. The van der Waals surface area contributed by atoms with Crippen molar-refractivity contribution < 1.29 is 9.53 Å². The number of carbonyl (C=O) groups is 1. The Bertz CT molecular complexity index is 764. The molecule has 1 heterocycles. The number of ether oxygens (including phenoxy) is 1. The van der Waals surface area contributed by atoms with Crippen LogP contribution in [-0.4, -0.2) is 36.1 Å². The van der Waals surface area contributed by atoms with Gasteiger partial charge in [-0.05, 0) is 50.6 Å². The van der Waals surface area contributed by atoms with Gasteiger partial charge in [0.1, 0.15) is 0 Å². The Morgan fingerprint density at radius 1 is 1.29 bits per heavy atom. The summed E-state index contributed by atoms with van der Waals surface area (Å²) in [5, 5.41) is 0. The van der Waals surface area contributed by atoms with E-state index < -0.39 is 0 Å². The van der Waals surface area contributed by atoms with Crippen LogP contribution in [0.3, 0.4) is 0 Å². The first-order valence-electron chi connectivity index (χ1n) is 8.04. The number of aryl methyl sites for hydroxylation is 2. The molecule has 0 saturated carbocycles. The summed E-state index contributed by atoms with van der Waals surface area (Å²) in [6.45, 7) is 7.55. The molecule has 1 aromatic carbocycles. The molecule has 0 aliphatic carbocycles. The summed E-state index contributed by atoms with van der Waals surface area (Å²) in [5.74, 6) is -0.194. The van der Waals surface area contributed by atoms with Crippen molar-refractivity contribution in [2.75, 3.05) is 20.2 Å². The predicted molar refractivity (Wildman–Crippen MR) is 97.4 cm³/mol. The molecule has 0 unspecified atom stereocenters. The zero-order chi connectivity index (χ0) is 17.7. The van der Waals surface area contributed by atoms with Crippen molar-refractivity contribution in [3.05, 3.63) is 43.9 Å². The average Bonchev–Trinajstić information content (AvgIpc) is 2.89. The molecule has 2 aromatic rings. The van der Waals surface area contributed by atoms with E-state index in [1.54, 1.807) is 6.92 Å². The van der Waals surface area contributed by atoms with Crippen molar-refractivity contribution in [1.82, 2.24) is 9.88 Å². The molecule has 0 aliphatic rings. The van der Waals surface area contributed by atoms with Gasteiger partial charge in [0.15, 0.2) is 0 Å². The molecule has 0 saturated heterocycles. The summed E-state index contributed by atoms with van der Waals surface area (Å²) in [7, 11) is 1.94. The highest BCUT2D eigenvalue weighted by molar-refractivity contribution is 7.09. The van der Waals surface area contributed by atoms with Crippen LogP contribution in [0.5, 0.6) is 0 Å². The van der Waals surface area contributed by atoms with Crippen LogP contribution in [0, 0.1) is 13.8 Å². The van der Waals surface area contributed by atoms with Crippen LogP contribution >= 0.6 is 11.3 Å². The van der Waals surface area contributed by atoms with Crippen molar-refractivity contribution in [3.63, 3.8) is 0 Å². The van der Waals surface area contributed by atoms with Crippen molar-refractivity contribution in [3.8, 4) is 11.3 Å². The molecule has 0 amide bonds. The minimum absolute atomic E-state index is 0.0583. The molecule has 130 valence electrons. The molecule has 0 atom stereocenters. The zero-order valence-electron chi connectivity index (χ0n) is 14.6. The number of aromatic nitrogens is 1. The minimum atomic E-state index is -0.194. The van der Waals surface area contributed by atoms with Crippen LogP contribution in [-0.2, 0) is 16.1 Å². The van der Waals surface area contributed by atoms with Gasteiger partial charge in [0, 0.05) is 18.0 Å². The number of H-pyrrole nitrogens is 1. The maximum Gasteiger partial charge on any atom is 0.307 e. The number of rotatable bonds is 7. The Morgan fingerprint density at radius 2 is 2.04 bits per heavy atom. The largest absolute Gasteiger partial charge is 0.466 e. The average molecular weight is 348 g/mol. The van der Waals surface area contributed by atoms with E-state index in [0.29, 0.717) is 26.1 Å². The Labute approximate surface area is 146 Å². The van der Waals surface area contributed by atoms with Gasteiger partial charge in [-0.1, -0.05) is 23.5 Å². The Kier molecular flexibility index (Phi) is 6.34. The van der Waals surface area contributed by atoms with E-state index in [1.165, 1.54) is 22.5 Å². The summed E-state index contributed by atoms with van der Waals surface area (Å²) in [6.07, 6.45) is 0.350. The van der Waals surface area contributed by atoms with Crippen molar-refractivity contribution in [2.45, 2.75) is 33.7 Å². The molecule has 0 bridgehead atoms. The van der Waals surface area contributed by atoms with Crippen LogP contribution in [0.1, 0.15) is 29.3 Å². The maximum atomic E-state index is 11.8. The normalized spacial score (nSPS) is 11.0. The quantitative estimate of drug-likeness (QED) is 0.781. The maximum absolute atomic E-state index is 11.8. The summed E-state index contributed by atoms with van der Waals surface area (Å²) in [6, 6.07) is 6.19. The fourth-order valence-electron chi connectivity index (χ4n) is 2.44. The Hall–Kier alpha value is -1.92. The van der Waals surface area contributed by atoms with E-state index in [4.69, 9.17) is 4.74 Å². The van der Waals surface area contributed by atoms with Gasteiger partial charge in [-0.3, -0.25) is 9.59 Å². The van der Waals surface area contributed by atoms with Gasteiger partial charge in [-0.15, -0.1) is 0 Å². The SMILES string of the molecule is CCOC(=O)CCN(C)Cc1sc(=O)[nH]c1-c1ccc(C)c(C)c1. The molecule has 0 fully saturated rings. The summed E-state index contributed by atoms with van der Waals surface area (Å²) in [5.41, 5.74) is 4.31. The highest BCUT2D eigenvalue weighted by atomic mass is 32.1. The molecule has 0 aliphatic heterocycles. The van der Waals surface area contributed by atoms with Crippen LogP contribution in [0.15, 0.2) is 23.0 Å². The van der Waals surface area contributed by atoms with Crippen molar-refractivity contribution in [2.24, 2.45) is 0 Å². The van der Waals surface area contributed by atoms with Crippen LogP contribution < -0.4 is 4.87 Å². The van der Waals surface area contributed by atoms with Gasteiger partial charge < -0.3 is 14.6 Å². The van der Waals surface area contributed by atoms with E-state index in [-0.39, 0.29) is 10.8 Å². The van der Waals surface area contributed by atoms with Crippen molar-refractivity contribution >= 4 is 17.3 Å². The molecular weight excluding hydrogens is 324 g/mol. The number of hydrogen-bond acceptors (Lipinski definition) is 5. The smallest absolute Gasteiger partial charge is 0.307 e. The fourth-order valence-corrected chi connectivity index (χ4v) is 3.37. The van der Waals surface area contributed by atoms with Gasteiger partial charge in [-0.2, -0.15) is 0 Å². The van der Waals surface area contributed by atoms with Gasteiger partial charge >= 0.3 is 10.8 Å². The van der Waals surface area contributed by atoms with Gasteiger partial charge in [0.05, 0.1) is 18.7 Å². The second-order valence-electron chi connectivity index (χ2n) is 5.90. The number of nitrogens with zero attached hydrogens (tertiary/aromatic N) is 1. The standard InChI is InChI=1S/C18H24N2O3S/c1-5-23-16(21)8-9-20(4)11-15-17(19-18(22)24-15)14-7-6-12(2)13(3)10-14/h6-7,10H,5,8-9,11H2,1-4H3,(H,19,22). The number of carbonyl (C=O) groups excluding carboxylic acids is 1. The molecule has 1 aromatic heterocycles. The Morgan fingerprint density at radius 3 is 2.71 bits per heavy atom. The molecule has 2 rings (SSSR count). The summed E-state index contributed by atoms with van der Waals surface area (Å²) in [4.78, 5) is 29.2.